The first-order valence-corrected chi connectivity index (χ1v) is 10.7. The smallest absolute Gasteiger partial charge is 0.414 e. The highest BCUT2D eigenvalue weighted by Crippen LogP contribution is 2.22. The van der Waals surface area contributed by atoms with Crippen molar-refractivity contribution in [2.45, 2.75) is 59.4 Å². The SMILES string of the molecule is CC(C)(C)OC(=O)NCCN(C(=O)OC(C)(C)C)c1ccc(OCc2ccccc2)cc1. The second kappa shape index (κ2) is 10.9. The fourth-order valence-electron chi connectivity index (χ4n) is 2.69. The summed E-state index contributed by atoms with van der Waals surface area (Å²) in [5.74, 6) is 0.689. The average Bonchev–Trinajstić information content (AvgIpc) is 2.68. The van der Waals surface area contributed by atoms with Gasteiger partial charge >= 0.3 is 12.2 Å². The number of nitrogens with zero attached hydrogens (tertiary/aromatic N) is 1. The molecule has 2 aromatic rings. The number of rotatable bonds is 7. The summed E-state index contributed by atoms with van der Waals surface area (Å²) >= 11 is 0. The van der Waals surface area contributed by atoms with Gasteiger partial charge in [0.1, 0.15) is 23.6 Å². The van der Waals surface area contributed by atoms with Crippen molar-refractivity contribution >= 4 is 17.9 Å². The van der Waals surface area contributed by atoms with Crippen LogP contribution in [0.3, 0.4) is 0 Å². The van der Waals surface area contributed by atoms with Crippen LogP contribution >= 0.6 is 0 Å². The molecule has 2 rings (SSSR count). The predicted molar refractivity (Wildman–Crippen MR) is 125 cm³/mol. The van der Waals surface area contributed by atoms with Gasteiger partial charge in [-0.1, -0.05) is 30.3 Å². The topological polar surface area (TPSA) is 77.1 Å². The lowest BCUT2D eigenvalue weighted by molar-refractivity contribution is 0.0513. The van der Waals surface area contributed by atoms with E-state index in [2.05, 4.69) is 5.32 Å². The molecule has 174 valence electrons. The molecule has 0 saturated heterocycles. The first kappa shape index (κ1) is 25.0. The molecule has 7 heteroatoms. The molecule has 0 aliphatic heterocycles. The second-order valence-corrected chi connectivity index (χ2v) is 9.33. The van der Waals surface area contributed by atoms with Crippen molar-refractivity contribution in [1.29, 1.82) is 0 Å². The normalized spacial score (nSPS) is 11.4. The van der Waals surface area contributed by atoms with E-state index in [1.54, 1.807) is 45.0 Å². The van der Waals surface area contributed by atoms with Crippen LogP contribution in [0.4, 0.5) is 15.3 Å². The predicted octanol–water partition coefficient (Wildman–Crippen LogP) is 5.53. The highest BCUT2D eigenvalue weighted by atomic mass is 16.6. The van der Waals surface area contributed by atoms with Crippen molar-refractivity contribution < 1.29 is 23.8 Å². The van der Waals surface area contributed by atoms with Gasteiger partial charge < -0.3 is 19.5 Å². The number of anilines is 1. The van der Waals surface area contributed by atoms with E-state index in [1.807, 2.05) is 51.1 Å². The van der Waals surface area contributed by atoms with E-state index in [4.69, 9.17) is 14.2 Å². The van der Waals surface area contributed by atoms with Gasteiger partial charge in [0.2, 0.25) is 0 Å². The van der Waals surface area contributed by atoms with Crippen molar-refractivity contribution in [2.24, 2.45) is 0 Å². The summed E-state index contributed by atoms with van der Waals surface area (Å²) in [6.45, 7) is 11.7. The average molecular weight is 443 g/mol. The molecule has 7 nitrogen and oxygen atoms in total. The number of benzene rings is 2. The minimum absolute atomic E-state index is 0.209. The van der Waals surface area contributed by atoms with E-state index in [0.29, 0.717) is 18.0 Å². The Morgan fingerprint density at radius 2 is 1.44 bits per heavy atom. The molecule has 0 fully saturated rings. The Kier molecular flexibility index (Phi) is 8.52. The van der Waals surface area contributed by atoms with Crippen LogP contribution < -0.4 is 15.0 Å². The molecule has 0 saturated carbocycles. The summed E-state index contributed by atoms with van der Waals surface area (Å²) in [5, 5.41) is 2.67. The van der Waals surface area contributed by atoms with Gasteiger partial charge in [0.25, 0.3) is 0 Å². The second-order valence-electron chi connectivity index (χ2n) is 9.33. The highest BCUT2D eigenvalue weighted by molar-refractivity contribution is 5.88. The molecule has 0 heterocycles. The van der Waals surface area contributed by atoms with Gasteiger partial charge in [-0.15, -0.1) is 0 Å². The maximum Gasteiger partial charge on any atom is 0.414 e. The van der Waals surface area contributed by atoms with Crippen LogP contribution in [0.2, 0.25) is 0 Å². The van der Waals surface area contributed by atoms with Crippen LogP contribution in [-0.4, -0.2) is 36.5 Å². The van der Waals surface area contributed by atoms with Crippen molar-refractivity contribution in [3.05, 3.63) is 60.2 Å². The first-order valence-electron chi connectivity index (χ1n) is 10.7. The quantitative estimate of drug-likeness (QED) is 0.610. The molecule has 0 bridgehead atoms. The van der Waals surface area contributed by atoms with E-state index < -0.39 is 23.4 Å². The maximum absolute atomic E-state index is 12.8. The fourth-order valence-corrected chi connectivity index (χ4v) is 2.69. The number of carbonyl (C=O) groups excluding carboxylic acids is 2. The van der Waals surface area contributed by atoms with Crippen molar-refractivity contribution in [3.8, 4) is 5.75 Å². The Hall–Kier alpha value is -3.22. The van der Waals surface area contributed by atoms with Crippen molar-refractivity contribution in [2.75, 3.05) is 18.0 Å². The zero-order chi connectivity index (χ0) is 23.8. The number of amides is 2. The molecule has 1 N–H and O–H groups in total. The van der Waals surface area contributed by atoms with Gasteiger partial charge in [0.15, 0.2) is 0 Å². The molecular formula is C25H34N2O5. The summed E-state index contributed by atoms with van der Waals surface area (Å²) in [4.78, 5) is 26.2. The van der Waals surface area contributed by atoms with E-state index in [1.165, 1.54) is 4.90 Å². The highest BCUT2D eigenvalue weighted by Gasteiger charge is 2.24. The zero-order valence-electron chi connectivity index (χ0n) is 19.8. The Morgan fingerprint density at radius 3 is 2.00 bits per heavy atom. The minimum Gasteiger partial charge on any atom is -0.489 e. The summed E-state index contributed by atoms with van der Waals surface area (Å²) < 4.78 is 16.6. The third-order valence-electron chi connectivity index (χ3n) is 4.01. The maximum atomic E-state index is 12.8. The molecular weight excluding hydrogens is 408 g/mol. The molecule has 0 aliphatic carbocycles. The summed E-state index contributed by atoms with van der Waals surface area (Å²) in [5.41, 5.74) is 0.467. The number of hydrogen-bond donors (Lipinski definition) is 1. The third kappa shape index (κ3) is 9.29. The number of alkyl carbamates (subject to hydrolysis) is 1. The molecule has 0 aliphatic rings. The number of carbonyl (C=O) groups is 2. The lowest BCUT2D eigenvalue weighted by Gasteiger charge is -2.28. The Labute approximate surface area is 190 Å². The van der Waals surface area contributed by atoms with Crippen LogP contribution in [0.5, 0.6) is 5.75 Å². The molecule has 2 aromatic carbocycles. The monoisotopic (exact) mass is 442 g/mol. The molecule has 0 atom stereocenters. The number of ether oxygens (including phenoxy) is 3. The first-order chi connectivity index (χ1) is 14.9. The van der Waals surface area contributed by atoms with Crippen LogP contribution in [-0.2, 0) is 16.1 Å². The zero-order valence-corrected chi connectivity index (χ0v) is 19.8. The molecule has 0 unspecified atom stereocenters. The van der Waals surface area contributed by atoms with Gasteiger partial charge in [-0.2, -0.15) is 0 Å². The largest absolute Gasteiger partial charge is 0.489 e. The lowest BCUT2D eigenvalue weighted by Crippen LogP contribution is -2.42. The van der Waals surface area contributed by atoms with E-state index in [0.717, 1.165) is 5.56 Å². The molecule has 0 aromatic heterocycles. The van der Waals surface area contributed by atoms with E-state index in [-0.39, 0.29) is 13.1 Å². The van der Waals surface area contributed by atoms with Gasteiger partial charge in [-0.05, 0) is 71.4 Å². The summed E-state index contributed by atoms with van der Waals surface area (Å²) in [6.07, 6.45) is -1.03. The van der Waals surface area contributed by atoms with Gasteiger partial charge in [-0.3, -0.25) is 4.90 Å². The number of nitrogens with one attached hydrogen (secondary N) is 1. The summed E-state index contributed by atoms with van der Waals surface area (Å²) in [6, 6.07) is 17.1. The van der Waals surface area contributed by atoms with E-state index in [9.17, 15) is 9.59 Å². The lowest BCUT2D eigenvalue weighted by atomic mass is 10.2. The van der Waals surface area contributed by atoms with Crippen LogP contribution in [0.25, 0.3) is 0 Å². The molecule has 0 radical (unpaired) electrons. The Balaban J connectivity index is 2.04. The van der Waals surface area contributed by atoms with Crippen LogP contribution in [0, 0.1) is 0 Å². The van der Waals surface area contributed by atoms with Gasteiger partial charge in [0, 0.05) is 18.8 Å². The molecule has 2 amide bonds. The fraction of sp³-hybridized carbons (Fsp3) is 0.440. The third-order valence-corrected chi connectivity index (χ3v) is 4.01. The Morgan fingerprint density at radius 1 is 0.844 bits per heavy atom. The van der Waals surface area contributed by atoms with Crippen LogP contribution in [0.15, 0.2) is 54.6 Å². The minimum atomic E-state index is -0.646. The van der Waals surface area contributed by atoms with Gasteiger partial charge in [-0.25, -0.2) is 9.59 Å². The van der Waals surface area contributed by atoms with Crippen LogP contribution in [0.1, 0.15) is 47.1 Å². The van der Waals surface area contributed by atoms with Gasteiger partial charge in [0.05, 0.1) is 0 Å². The molecule has 0 spiro atoms. The molecule has 32 heavy (non-hydrogen) atoms. The van der Waals surface area contributed by atoms with E-state index >= 15 is 0 Å². The Bertz CT molecular complexity index is 868. The standard InChI is InChI=1S/C25H34N2O5/c1-24(2,3)31-22(28)26-16-17-27(23(29)32-25(4,5)6)20-12-14-21(15-13-20)30-18-19-10-8-7-9-11-19/h7-15H,16-18H2,1-6H3,(H,26,28). The summed E-state index contributed by atoms with van der Waals surface area (Å²) in [7, 11) is 0. The number of hydrogen-bond acceptors (Lipinski definition) is 5. The van der Waals surface area contributed by atoms with Crippen molar-refractivity contribution in [1.82, 2.24) is 5.32 Å². The van der Waals surface area contributed by atoms with Crippen molar-refractivity contribution in [3.63, 3.8) is 0 Å².